The standard InChI is InChI=1S/C12H22O5Si/c1-5-8(18)12(16-7-3)10(14)17-9(13)11(12,4)15-6-2/h8H,5-7H2,1-4,18H3. The molecule has 1 saturated heterocycles. The third-order valence-corrected chi connectivity index (χ3v) is 5.33. The molecule has 0 aliphatic carbocycles. The van der Waals surface area contributed by atoms with Crippen molar-refractivity contribution in [2.24, 2.45) is 0 Å². The Labute approximate surface area is 111 Å². The Morgan fingerprint density at radius 3 is 2.17 bits per heavy atom. The Balaban J connectivity index is 3.33. The molecule has 1 aliphatic rings. The lowest BCUT2D eigenvalue weighted by molar-refractivity contribution is -0.190. The first kappa shape index (κ1) is 15.3. The molecule has 0 aromatic heterocycles. The SMILES string of the molecule is CCOC1(C)C(=O)OC(=O)C1(OCC)C([SiH3])CC. The summed E-state index contributed by atoms with van der Waals surface area (Å²) in [5.41, 5.74) is -2.65. The summed E-state index contributed by atoms with van der Waals surface area (Å²) in [6.07, 6.45) is 0.747. The van der Waals surface area contributed by atoms with Gasteiger partial charge >= 0.3 is 11.9 Å². The minimum Gasteiger partial charge on any atom is -0.389 e. The van der Waals surface area contributed by atoms with Gasteiger partial charge in [-0.15, -0.1) is 0 Å². The first-order valence-electron chi connectivity index (χ1n) is 6.45. The zero-order valence-corrected chi connectivity index (χ0v) is 13.7. The molecule has 0 radical (unpaired) electrons. The molecule has 1 fully saturated rings. The van der Waals surface area contributed by atoms with E-state index in [0.29, 0.717) is 13.2 Å². The second-order valence-electron chi connectivity index (χ2n) is 4.62. The summed E-state index contributed by atoms with van der Waals surface area (Å²) >= 11 is 0. The minimum atomic E-state index is -1.34. The van der Waals surface area contributed by atoms with Gasteiger partial charge in [0.1, 0.15) is 0 Å². The molecule has 0 amide bonds. The fourth-order valence-electron chi connectivity index (χ4n) is 2.58. The molecule has 0 spiro atoms. The van der Waals surface area contributed by atoms with Crippen LogP contribution in [0.2, 0.25) is 5.54 Å². The summed E-state index contributed by atoms with van der Waals surface area (Å²) in [7, 11) is 0.720. The molecular weight excluding hydrogens is 252 g/mol. The van der Waals surface area contributed by atoms with Crippen LogP contribution < -0.4 is 0 Å². The number of esters is 2. The summed E-state index contributed by atoms with van der Waals surface area (Å²) in [6, 6.07) is 0. The third kappa shape index (κ3) is 1.92. The van der Waals surface area contributed by atoms with Crippen LogP contribution in [-0.2, 0) is 23.8 Å². The molecule has 1 aliphatic heterocycles. The van der Waals surface area contributed by atoms with Gasteiger partial charge < -0.3 is 14.2 Å². The Bertz CT molecular complexity index is 345. The zero-order valence-electron chi connectivity index (χ0n) is 11.7. The van der Waals surface area contributed by atoms with Gasteiger partial charge in [0, 0.05) is 23.5 Å². The minimum absolute atomic E-state index is 0.0343. The van der Waals surface area contributed by atoms with Crippen LogP contribution in [0.3, 0.4) is 0 Å². The van der Waals surface area contributed by atoms with Crippen molar-refractivity contribution in [1.82, 2.24) is 0 Å². The first-order chi connectivity index (χ1) is 8.40. The number of cyclic esters (lactones) is 2. The molecule has 6 heteroatoms. The van der Waals surface area contributed by atoms with E-state index in [0.717, 1.165) is 16.7 Å². The van der Waals surface area contributed by atoms with Gasteiger partial charge in [-0.25, -0.2) is 9.59 Å². The van der Waals surface area contributed by atoms with E-state index in [1.54, 1.807) is 20.8 Å². The quantitative estimate of drug-likeness (QED) is 0.393. The highest BCUT2D eigenvalue weighted by Gasteiger charge is 2.70. The number of hydrogen-bond acceptors (Lipinski definition) is 5. The van der Waals surface area contributed by atoms with E-state index in [9.17, 15) is 9.59 Å². The molecule has 0 N–H and O–H groups in total. The van der Waals surface area contributed by atoms with Crippen LogP contribution in [0.4, 0.5) is 0 Å². The van der Waals surface area contributed by atoms with Crippen LogP contribution in [-0.4, -0.2) is 46.6 Å². The summed E-state index contributed by atoms with van der Waals surface area (Å²) in [4.78, 5) is 24.1. The van der Waals surface area contributed by atoms with Crippen molar-refractivity contribution in [3.63, 3.8) is 0 Å². The van der Waals surface area contributed by atoms with Crippen LogP contribution in [0, 0.1) is 0 Å². The van der Waals surface area contributed by atoms with Gasteiger partial charge in [-0.05, 0) is 26.3 Å². The molecule has 0 saturated carbocycles. The largest absolute Gasteiger partial charge is 0.389 e. The average Bonchev–Trinajstić information content (AvgIpc) is 2.51. The monoisotopic (exact) mass is 274 g/mol. The highest BCUT2D eigenvalue weighted by Crippen LogP contribution is 2.46. The van der Waals surface area contributed by atoms with Gasteiger partial charge in [-0.1, -0.05) is 13.3 Å². The third-order valence-electron chi connectivity index (χ3n) is 3.70. The summed E-state index contributed by atoms with van der Waals surface area (Å²) < 4.78 is 16.1. The molecule has 0 bridgehead atoms. The molecule has 3 unspecified atom stereocenters. The van der Waals surface area contributed by atoms with E-state index in [-0.39, 0.29) is 5.54 Å². The predicted molar refractivity (Wildman–Crippen MR) is 69.5 cm³/mol. The lowest BCUT2D eigenvalue weighted by atomic mass is 9.81. The van der Waals surface area contributed by atoms with Crippen molar-refractivity contribution < 1.29 is 23.8 Å². The van der Waals surface area contributed by atoms with Crippen molar-refractivity contribution in [1.29, 1.82) is 0 Å². The maximum atomic E-state index is 12.2. The van der Waals surface area contributed by atoms with Gasteiger partial charge in [-0.2, -0.15) is 0 Å². The van der Waals surface area contributed by atoms with Crippen molar-refractivity contribution in [3.8, 4) is 0 Å². The lowest BCUT2D eigenvalue weighted by Crippen LogP contribution is -2.60. The maximum Gasteiger partial charge on any atom is 0.349 e. The molecule has 1 rings (SSSR count). The van der Waals surface area contributed by atoms with Gasteiger partial charge in [-0.3, -0.25) is 0 Å². The van der Waals surface area contributed by atoms with E-state index < -0.39 is 23.1 Å². The molecule has 18 heavy (non-hydrogen) atoms. The summed E-state index contributed by atoms with van der Waals surface area (Å²) in [5.74, 6) is -1.25. The highest BCUT2D eigenvalue weighted by molar-refractivity contribution is 6.18. The van der Waals surface area contributed by atoms with Crippen molar-refractivity contribution in [2.75, 3.05) is 13.2 Å². The molecule has 104 valence electrons. The van der Waals surface area contributed by atoms with E-state index in [2.05, 4.69) is 0 Å². The normalized spacial score (nSPS) is 33.8. The Hall–Kier alpha value is -0.723. The fraction of sp³-hybridized carbons (Fsp3) is 0.833. The number of ether oxygens (including phenoxy) is 3. The Morgan fingerprint density at radius 1 is 1.17 bits per heavy atom. The second kappa shape index (κ2) is 5.50. The number of carbonyl (C=O) groups is 2. The molecule has 1 heterocycles. The first-order valence-corrected chi connectivity index (χ1v) is 7.60. The Kier molecular flexibility index (Phi) is 4.69. The van der Waals surface area contributed by atoms with Gasteiger partial charge in [0.2, 0.25) is 11.2 Å². The summed E-state index contributed by atoms with van der Waals surface area (Å²) in [6.45, 7) is 7.82. The van der Waals surface area contributed by atoms with Gasteiger partial charge in [0.25, 0.3) is 0 Å². The van der Waals surface area contributed by atoms with E-state index in [1.165, 1.54) is 0 Å². The van der Waals surface area contributed by atoms with Crippen LogP contribution in [0.1, 0.15) is 34.1 Å². The summed E-state index contributed by atoms with van der Waals surface area (Å²) in [5, 5.41) is 0. The van der Waals surface area contributed by atoms with Crippen LogP contribution >= 0.6 is 0 Å². The topological polar surface area (TPSA) is 61.8 Å². The number of hydrogen-bond donors (Lipinski definition) is 0. The van der Waals surface area contributed by atoms with Gasteiger partial charge in [0.05, 0.1) is 0 Å². The van der Waals surface area contributed by atoms with Crippen LogP contribution in [0.5, 0.6) is 0 Å². The van der Waals surface area contributed by atoms with E-state index >= 15 is 0 Å². The fourth-order valence-corrected chi connectivity index (χ4v) is 3.54. The number of carbonyl (C=O) groups excluding carboxylic acids is 2. The molecule has 0 aromatic carbocycles. The predicted octanol–water partition coefficient (Wildman–Crippen LogP) is 0.204. The lowest BCUT2D eigenvalue weighted by Gasteiger charge is -2.40. The van der Waals surface area contributed by atoms with Gasteiger partial charge in [0.15, 0.2) is 0 Å². The average molecular weight is 274 g/mol. The molecular formula is C12H22O5Si. The second-order valence-corrected chi connectivity index (χ2v) is 6.02. The van der Waals surface area contributed by atoms with Crippen molar-refractivity contribution in [3.05, 3.63) is 0 Å². The van der Waals surface area contributed by atoms with E-state index in [1.807, 2.05) is 6.92 Å². The van der Waals surface area contributed by atoms with E-state index in [4.69, 9.17) is 14.2 Å². The maximum absolute atomic E-state index is 12.2. The smallest absolute Gasteiger partial charge is 0.349 e. The molecule has 3 atom stereocenters. The zero-order chi connectivity index (χ0) is 14.0. The van der Waals surface area contributed by atoms with Crippen LogP contribution in [0.25, 0.3) is 0 Å². The van der Waals surface area contributed by atoms with Crippen molar-refractivity contribution >= 4 is 22.2 Å². The number of rotatable bonds is 6. The van der Waals surface area contributed by atoms with Crippen molar-refractivity contribution in [2.45, 2.75) is 50.9 Å². The van der Waals surface area contributed by atoms with Crippen LogP contribution in [0.15, 0.2) is 0 Å². The molecule has 5 nitrogen and oxygen atoms in total. The highest BCUT2D eigenvalue weighted by atomic mass is 28.1. The Morgan fingerprint density at radius 2 is 1.72 bits per heavy atom. The molecule has 0 aromatic rings.